The van der Waals surface area contributed by atoms with Crippen molar-refractivity contribution in [3.8, 4) is 6.07 Å². The van der Waals surface area contributed by atoms with Gasteiger partial charge in [-0.3, -0.25) is 4.79 Å². The fourth-order valence-electron chi connectivity index (χ4n) is 2.10. The van der Waals surface area contributed by atoms with E-state index in [0.717, 1.165) is 11.1 Å². The lowest BCUT2D eigenvalue weighted by atomic mass is 10.2. The maximum Gasteiger partial charge on any atom is 0.263 e. The van der Waals surface area contributed by atoms with Gasteiger partial charge in [-0.15, -0.1) is 0 Å². The van der Waals surface area contributed by atoms with E-state index in [9.17, 15) is 13.2 Å². The zero-order valence-corrected chi connectivity index (χ0v) is 15.7. The lowest BCUT2D eigenvalue weighted by Gasteiger charge is -2.06. The summed E-state index contributed by atoms with van der Waals surface area (Å²) in [6.45, 7) is 0.574. The number of hydrogen-bond donors (Lipinski definition) is 3. The number of carbonyl (C=O) groups is 1. The lowest BCUT2D eigenvalue weighted by molar-refractivity contribution is -0.117. The first-order valence-electron chi connectivity index (χ1n) is 7.77. The minimum Gasteiger partial charge on any atom is -0.386 e. The van der Waals surface area contributed by atoms with Crippen LogP contribution < -0.4 is 15.8 Å². The third-order valence-electron chi connectivity index (χ3n) is 3.54. The Morgan fingerprint density at radius 3 is 2.19 bits per heavy atom. The molecule has 27 heavy (non-hydrogen) atoms. The van der Waals surface area contributed by atoms with Crippen LogP contribution in [0.5, 0.6) is 0 Å². The molecule has 0 unspecified atom stereocenters. The first kappa shape index (κ1) is 20.5. The van der Waals surface area contributed by atoms with Crippen molar-refractivity contribution in [3.05, 3.63) is 76.5 Å². The third-order valence-corrected chi connectivity index (χ3v) is 4.72. The molecule has 0 radical (unpaired) electrons. The highest BCUT2D eigenvalue weighted by atomic mass is 35.5. The standard InChI is InChI=1S/C18H17ClN4O3S/c19-16-5-1-14(2-6-16)11-23-18(24)15(9-20)12-22-10-13-3-7-17(8-4-13)27(21,25)26/h1-8,12,22H,10-11H2,(H,23,24)(H2,21,25,26)/b15-12-. The van der Waals surface area contributed by atoms with Crippen molar-refractivity contribution < 1.29 is 13.2 Å². The summed E-state index contributed by atoms with van der Waals surface area (Å²) in [4.78, 5) is 12.1. The van der Waals surface area contributed by atoms with Crippen LogP contribution in [0.3, 0.4) is 0 Å². The van der Waals surface area contributed by atoms with E-state index >= 15 is 0 Å². The summed E-state index contributed by atoms with van der Waals surface area (Å²) >= 11 is 5.80. The Morgan fingerprint density at radius 2 is 1.63 bits per heavy atom. The maximum atomic E-state index is 12.1. The largest absolute Gasteiger partial charge is 0.386 e. The topological polar surface area (TPSA) is 125 Å². The summed E-state index contributed by atoms with van der Waals surface area (Å²) in [5.41, 5.74) is 1.54. The SMILES string of the molecule is N#C/C(=C/NCc1ccc(S(N)(=O)=O)cc1)C(=O)NCc1ccc(Cl)cc1. The molecule has 4 N–H and O–H groups in total. The molecule has 0 aliphatic heterocycles. The Balaban J connectivity index is 1.90. The first-order chi connectivity index (χ1) is 12.8. The predicted octanol–water partition coefficient (Wildman–Crippen LogP) is 1.80. The molecule has 0 atom stereocenters. The van der Waals surface area contributed by atoms with Crippen LogP contribution in [0.25, 0.3) is 0 Å². The number of primary sulfonamides is 1. The van der Waals surface area contributed by atoms with E-state index in [1.165, 1.54) is 18.3 Å². The molecule has 2 aromatic rings. The molecule has 140 valence electrons. The van der Waals surface area contributed by atoms with Crippen molar-refractivity contribution >= 4 is 27.5 Å². The van der Waals surface area contributed by atoms with Crippen LogP contribution in [0.1, 0.15) is 11.1 Å². The quantitative estimate of drug-likeness (QED) is 0.479. The Morgan fingerprint density at radius 1 is 1.07 bits per heavy atom. The van der Waals surface area contributed by atoms with Gasteiger partial charge in [0.25, 0.3) is 5.91 Å². The highest BCUT2D eigenvalue weighted by Gasteiger charge is 2.09. The molecule has 0 aliphatic carbocycles. The lowest BCUT2D eigenvalue weighted by Crippen LogP contribution is -2.25. The minimum atomic E-state index is -3.74. The zero-order valence-electron chi connectivity index (χ0n) is 14.1. The highest BCUT2D eigenvalue weighted by Crippen LogP contribution is 2.10. The van der Waals surface area contributed by atoms with Gasteiger partial charge in [-0.25, -0.2) is 13.6 Å². The van der Waals surface area contributed by atoms with Crippen LogP contribution in [0, 0.1) is 11.3 Å². The van der Waals surface area contributed by atoms with Crippen LogP contribution >= 0.6 is 11.6 Å². The summed E-state index contributed by atoms with van der Waals surface area (Å²) in [5, 5.41) is 20.3. The average Bonchev–Trinajstić information content (AvgIpc) is 2.64. The Labute approximate surface area is 162 Å². The molecule has 0 heterocycles. The average molecular weight is 405 g/mol. The second-order valence-electron chi connectivity index (χ2n) is 5.55. The molecule has 2 aromatic carbocycles. The molecule has 0 bridgehead atoms. The number of hydrogen-bond acceptors (Lipinski definition) is 5. The maximum absolute atomic E-state index is 12.1. The van der Waals surface area contributed by atoms with Crippen molar-refractivity contribution in [2.45, 2.75) is 18.0 Å². The molecule has 7 nitrogen and oxygen atoms in total. The number of sulfonamides is 1. The molecular formula is C18H17ClN4O3S. The van der Waals surface area contributed by atoms with Crippen LogP contribution in [0.15, 0.2) is 65.2 Å². The number of nitrogens with one attached hydrogen (secondary N) is 2. The van der Waals surface area contributed by atoms with Crippen molar-refractivity contribution in [2.24, 2.45) is 5.14 Å². The Kier molecular flexibility index (Phi) is 6.96. The van der Waals surface area contributed by atoms with E-state index in [2.05, 4.69) is 10.6 Å². The summed E-state index contributed by atoms with van der Waals surface area (Å²) in [5.74, 6) is -0.510. The van der Waals surface area contributed by atoms with Crippen molar-refractivity contribution in [1.82, 2.24) is 10.6 Å². The number of halogens is 1. The van der Waals surface area contributed by atoms with Gasteiger partial charge >= 0.3 is 0 Å². The number of carbonyl (C=O) groups excluding carboxylic acids is 1. The van der Waals surface area contributed by atoms with Gasteiger partial charge in [0, 0.05) is 24.3 Å². The van der Waals surface area contributed by atoms with E-state index in [1.807, 2.05) is 6.07 Å². The van der Waals surface area contributed by atoms with Gasteiger partial charge in [-0.2, -0.15) is 5.26 Å². The molecule has 1 amide bonds. The molecule has 0 aliphatic rings. The molecule has 0 spiro atoms. The first-order valence-corrected chi connectivity index (χ1v) is 9.70. The molecule has 2 rings (SSSR count). The van der Waals surface area contributed by atoms with E-state index < -0.39 is 15.9 Å². The fraction of sp³-hybridized carbons (Fsp3) is 0.111. The van der Waals surface area contributed by atoms with E-state index in [4.69, 9.17) is 22.0 Å². The summed E-state index contributed by atoms with van der Waals surface area (Å²) < 4.78 is 22.4. The van der Waals surface area contributed by atoms with Crippen molar-refractivity contribution in [1.29, 1.82) is 5.26 Å². The summed E-state index contributed by atoms with van der Waals surface area (Å²) in [6, 6.07) is 14.8. The smallest absolute Gasteiger partial charge is 0.263 e. The van der Waals surface area contributed by atoms with Gasteiger partial charge in [0.1, 0.15) is 11.6 Å². The van der Waals surface area contributed by atoms with Crippen LogP contribution in [0.2, 0.25) is 5.02 Å². The van der Waals surface area contributed by atoms with Gasteiger partial charge in [0.05, 0.1) is 4.90 Å². The molecular weight excluding hydrogens is 388 g/mol. The van der Waals surface area contributed by atoms with E-state index in [1.54, 1.807) is 36.4 Å². The minimum absolute atomic E-state index is 0.0149. The third kappa shape index (κ3) is 6.42. The monoisotopic (exact) mass is 404 g/mol. The summed E-state index contributed by atoms with van der Waals surface area (Å²) in [7, 11) is -3.74. The molecule has 0 saturated carbocycles. The number of rotatable bonds is 7. The van der Waals surface area contributed by atoms with Gasteiger partial charge in [0.15, 0.2) is 0 Å². The predicted molar refractivity (Wildman–Crippen MR) is 102 cm³/mol. The van der Waals surface area contributed by atoms with Crippen molar-refractivity contribution in [2.75, 3.05) is 0 Å². The number of benzene rings is 2. The Bertz CT molecular complexity index is 979. The zero-order chi connectivity index (χ0) is 19.9. The van der Waals surface area contributed by atoms with Gasteiger partial charge in [-0.1, -0.05) is 35.9 Å². The van der Waals surface area contributed by atoms with Crippen LogP contribution in [-0.4, -0.2) is 14.3 Å². The number of nitriles is 1. The number of nitrogens with two attached hydrogens (primary N) is 1. The second-order valence-corrected chi connectivity index (χ2v) is 7.55. The summed E-state index contributed by atoms with van der Waals surface area (Å²) in [6.07, 6.45) is 1.31. The van der Waals surface area contributed by atoms with Gasteiger partial charge in [0.2, 0.25) is 10.0 Å². The fourth-order valence-corrected chi connectivity index (χ4v) is 2.74. The van der Waals surface area contributed by atoms with Gasteiger partial charge in [-0.05, 0) is 35.4 Å². The van der Waals surface area contributed by atoms with E-state index in [-0.39, 0.29) is 17.0 Å². The van der Waals surface area contributed by atoms with Crippen LogP contribution in [0.4, 0.5) is 0 Å². The molecule has 9 heteroatoms. The van der Waals surface area contributed by atoms with E-state index in [0.29, 0.717) is 11.6 Å². The number of amides is 1. The Hall–Kier alpha value is -2.86. The molecule has 0 aromatic heterocycles. The normalized spacial score (nSPS) is 11.5. The number of nitrogens with zero attached hydrogens (tertiary/aromatic N) is 1. The highest BCUT2D eigenvalue weighted by molar-refractivity contribution is 7.89. The van der Waals surface area contributed by atoms with Crippen molar-refractivity contribution in [3.63, 3.8) is 0 Å². The van der Waals surface area contributed by atoms with Gasteiger partial charge < -0.3 is 10.6 Å². The molecule has 0 saturated heterocycles. The molecule has 0 fully saturated rings. The van der Waals surface area contributed by atoms with Crippen LogP contribution in [-0.2, 0) is 27.9 Å². The second kappa shape index (κ2) is 9.19.